The van der Waals surface area contributed by atoms with Crippen LogP contribution in [-0.2, 0) is 9.59 Å². The van der Waals surface area contributed by atoms with Crippen molar-refractivity contribution in [1.29, 1.82) is 0 Å². The van der Waals surface area contributed by atoms with Gasteiger partial charge in [-0.05, 0) is 36.8 Å². The molecule has 118 valence electrons. The predicted octanol–water partition coefficient (Wildman–Crippen LogP) is 2.75. The number of ether oxygens (including phenoxy) is 1. The van der Waals surface area contributed by atoms with Crippen LogP contribution in [0.5, 0.6) is 5.75 Å². The van der Waals surface area contributed by atoms with E-state index < -0.39 is 6.04 Å². The van der Waals surface area contributed by atoms with Crippen LogP contribution < -0.4 is 15.0 Å². The number of benzene rings is 2. The minimum Gasteiger partial charge on any atom is -0.495 e. The molecule has 23 heavy (non-hydrogen) atoms. The minimum absolute atomic E-state index is 0.130. The molecular formula is C18H18N2O3. The molecule has 0 radical (unpaired) electrons. The summed E-state index contributed by atoms with van der Waals surface area (Å²) in [6.45, 7) is 1.96. The van der Waals surface area contributed by atoms with Gasteiger partial charge in [-0.3, -0.25) is 9.59 Å². The van der Waals surface area contributed by atoms with Gasteiger partial charge < -0.3 is 10.1 Å². The summed E-state index contributed by atoms with van der Waals surface area (Å²) in [5.74, 6) is 0.198. The van der Waals surface area contributed by atoms with Gasteiger partial charge in [0.1, 0.15) is 11.8 Å². The Balaban J connectivity index is 1.85. The van der Waals surface area contributed by atoms with Crippen molar-refractivity contribution in [2.24, 2.45) is 0 Å². The number of nitrogens with one attached hydrogen (secondary N) is 1. The second-order valence-corrected chi connectivity index (χ2v) is 5.51. The summed E-state index contributed by atoms with van der Waals surface area (Å²) in [6, 6.07) is 14.1. The molecular weight excluding hydrogens is 292 g/mol. The molecule has 0 spiro atoms. The van der Waals surface area contributed by atoms with Gasteiger partial charge in [-0.1, -0.05) is 24.3 Å². The SMILES string of the molecule is COc1ccc(C)cc1NC1CC(=O)N(c2ccccc2)C1=O. The largest absolute Gasteiger partial charge is 0.495 e. The molecule has 2 aromatic carbocycles. The van der Waals surface area contributed by atoms with Crippen molar-refractivity contribution < 1.29 is 14.3 Å². The Bertz CT molecular complexity index is 743. The zero-order valence-corrected chi connectivity index (χ0v) is 13.1. The van der Waals surface area contributed by atoms with Crippen LogP contribution >= 0.6 is 0 Å². The second kappa shape index (κ2) is 6.12. The number of carbonyl (C=O) groups excluding carboxylic acids is 2. The molecule has 0 bridgehead atoms. The molecule has 2 aromatic rings. The van der Waals surface area contributed by atoms with Gasteiger partial charge in [-0.25, -0.2) is 4.90 Å². The molecule has 5 heteroatoms. The molecule has 1 atom stereocenters. The Hall–Kier alpha value is -2.82. The highest BCUT2D eigenvalue weighted by molar-refractivity contribution is 6.23. The summed E-state index contributed by atoms with van der Waals surface area (Å²) in [5.41, 5.74) is 2.36. The van der Waals surface area contributed by atoms with Crippen LogP contribution in [0.3, 0.4) is 0 Å². The van der Waals surface area contributed by atoms with Crippen LogP contribution in [-0.4, -0.2) is 25.0 Å². The van der Waals surface area contributed by atoms with Gasteiger partial charge in [0, 0.05) is 0 Å². The monoisotopic (exact) mass is 310 g/mol. The Morgan fingerprint density at radius 3 is 2.57 bits per heavy atom. The number of carbonyl (C=O) groups is 2. The maximum atomic E-state index is 12.6. The lowest BCUT2D eigenvalue weighted by molar-refractivity contribution is -0.121. The predicted molar refractivity (Wildman–Crippen MR) is 88.7 cm³/mol. The zero-order valence-electron chi connectivity index (χ0n) is 13.1. The Kier molecular flexibility index (Phi) is 4.02. The highest BCUT2D eigenvalue weighted by atomic mass is 16.5. The number of para-hydroxylation sites is 1. The van der Waals surface area contributed by atoms with E-state index in [1.807, 2.05) is 31.2 Å². The lowest BCUT2D eigenvalue weighted by Crippen LogP contribution is -2.34. The number of amides is 2. The van der Waals surface area contributed by atoms with Crippen molar-refractivity contribution in [1.82, 2.24) is 0 Å². The fraction of sp³-hybridized carbons (Fsp3) is 0.222. The number of nitrogens with zero attached hydrogens (tertiary/aromatic N) is 1. The number of methoxy groups -OCH3 is 1. The third-order valence-electron chi connectivity index (χ3n) is 3.85. The average molecular weight is 310 g/mol. The van der Waals surface area contributed by atoms with Gasteiger partial charge in [0.2, 0.25) is 5.91 Å². The molecule has 0 saturated carbocycles. The quantitative estimate of drug-likeness (QED) is 0.882. The van der Waals surface area contributed by atoms with Crippen molar-refractivity contribution >= 4 is 23.2 Å². The molecule has 1 unspecified atom stereocenters. The number of imide groups is 1. The van der Waals surface area contributed by atoms with E-state index >= 15 is 0 Å². The summed E-state index contributed by atoms with van der Waals surface area (Å²) in [5, 5.41) is 3.14. The lowest BCUT2D eigenvalue weighted by Gasteiger charge is -2.17. The van der Waals surface area contributed by atoms with Crippen LogP contribution in [0, 0.1) is 6.92 Å². The first-order valence-electron chi connectivity index (χ1n) is 7.43. The molecule has 1 heterocycles. The van der Waals surface area contributed by atoms with E-state index in [2.05, 4.69) is 5.32 Å². The van der Waals surface area contributed by atoms with E-state index in [1.54, 1.807) is 31.4 Å². The molecule has 5 nitrogen and oxygen atoms in total. The van der Waals surface area contributed by atoms with Crippen LogP contribution in [0.4, 0.5) is 11.4 Å². The number of hydrogen-bond donors (Lipinski definition) is 1. The number of aryl methyl sites for hydroxylation is 1. The smallest absolute Gasteiger partial charge is 0.256 e. The summed E-state index contributed by atoms with van der Waals surface area (Å²) in [6.07, 6.45) is 0.130. The van der Waals surface area contributed by atoms with E-state index in [9.17, 15) is 9.59 Å². The molecule has 1 N–H and O–H groups in total. The third kappa shape index (κ3) is 2.90. The van der Waals surface area contributed by atoms with Crippen LogP contribution in [0.25, 0.3) is 0 Å². The van der Waals surface area contributed by atoms with Gasteiger partial charge in [-0.2, -0.15) is 0 Å². The van der Waals surface area contributed by atoms with E-state index in [-0.39, 0.29) is 18.2 Å². The van der Waals surface area contributed by atoms with Gasteiger partial charge in [-0.15, -0.1) is 0 Å². The van der Waals surface area contributed by atoms with Gasteiger partial charge >= 0.3 is 0 Å². The number of anilines is 2. The average Bonchev–Trinajstić information content (AvgIpc) is 2.82. The maximum Gasteiger partial charge on any atom is 0.256 e. The number of hydrogen-bond acceptors (Lipinski definition) is 4. The molecule has 0 aromatic heterocycles. The first-order chi connectivity index (χ1) is 11.1. The molecule has 2 amide bonds. The third-order valence-corrected chi connectivity index (χ3v) is 3.85. The summed E-state index contributed by atoms with van der Waals surface area (Å²) in [7, 11) is 1.58. The van der Waals surface area contributed by atoms with Crippen LogP contribution in [0.2, 0.25) is 0 Å². The summed E-state index contributed by atoms with van der Waals surface area (Å²) in [4.78, 5) is 26.1. The van der Waals surface area contributed by atoms with E-state index in [0.717, 1.165) is 5.56 Å². The Morgan fingerprint density at radius 1 is 1.13 bits per heavy atom. The summed E-state index contributed by atoms with van der Waals surface area (Å²) < 4.78 is 5.31. The van der Waals surface area contributed by atoms with Gasteiger partial charge in [0.05, 0.1) is 24.9 Å². The Labute approximate surface area is 134 Å². The van der Waals surface area contributed by atoms with Crippen LogP contribution in [0.1, 0.15) is 12.0 Å². The highest BCUT2D eigenvalue weighted by Crippen LogP contribution is 2.29. The lowest BCUT2D eigenvalue weighted by atomic mass is 10.1. The topological polar surface area (TPSA) is 58.6 Å². The first kappa shape index (κ1) is 15.1. The van der Waals surface area contributed by atoms with Crippen molar-refractivity contribution in [2.45, 2.75) is 19.4 Å². The van der Waals surface area contributed by atoms with Crippen molar-refractivity contribution in [3.63, 3.8) is 0 Å². The van der Waals surface area contributed by atoms with E-state index in [4.69, 9.17) is 4.74 Å². The summed E-state index contributed by atoms with van der Waals surface area (Å²) >= 11 is 0. The van der Waals surface area contributed by atoms with Crippen molar-refractivity contribution in [3.05, 3.63) is 54.1 Å². The zero-order chi connectivity index (χ0) is 16.4. The standard InChI is InChI=1S/C18H18N2O3/c1-12-8-9-16(23-2)14(10-12)19-15-11-17(21)20(18(15)22)13-6-4-3-5-7-13/h3-10,15,19H,11H2,1-2H3. The number of rotatable bonds is 4. The van der Waals surface area contributed by atoms with Gasteiger partial charge in [0.15, 0.2) is 0 Å². The Morgan fingerprint density at radius 2 is 1.87 bits per heavy atom. The molecule has 1 aliphatic rings. The molecule has 1 fully saturated rings. The second-order valence-electron chi connectivity index (χ2n) is 5.51. The fourth-order valence-electron chi connectivity index (χ4n) is 2.72. The van der Waals surface area contributed by atoms with E-state index in [1.165, 1.54) is 4.90 Å². The van der Waals surface area contributed by atoms with Crippen LogP contribution in [0.15, 0.2) is 48.5 Å². The fourth-order valence-corrected chi connectivity index (χ4v) is 2.72. The molecule has 3 rings (SSSR count). The molecule has 1 aliphatic heterocycles. The molecule has 1 saturated heterocycles. The van der Waals surface area contributed by atoms with Crippen molar-refractivity contribution in [2.75, 3.05) is 17.3 Å². The minimum atomic E-state index is -0.585. The van der Waals surface area contributed by atoms with Gasteiger partial charge in [0.25, 0.3) is 5.91 Å². The maximum absolute atomic E-state index is 12.6. The van der Waals surface area contributed by atoms with Crippen molar-refractivity contribution in [3.8, 4) is 5.75 Å². The molecule has 0 aliphatic carbocycles. The highest BCUT2D eigenvalue weighted by Gasteiger charge is 2.39. The first-order valence-corrected chi connectivity index (χ1v) is 7.43. The normalized spacial score (nSPS) is 17.5. The van der Waals surface area contributed by atoms with E-state index in [0.29, 0.717) is 17.1 Å².